The van der Waals surface area contributed by atoms with Gasteiger partial charge in [0.15, 0.2) is 6.20 Å². The maximum atomic E-state index is 6.80. The minimum absolute atomic E-state index is 0.143. The topological polar surface area (TPSA) is 13.1 Å². The Balaban J connectivity index is 1.84. The fraction of sp³-hybridized carbons (Fsp3) is 0.444. The van der Waals surface area contributed by atoms with Crippen molar-refractivity contribution >= 4 is 10.8 Å². The predicted molar refractivity (Wildman–Crippen MR) is 119 cm³/mol. The van der Waals surface area contributed by atoms with E-state index in [1.165, 1.54) is 65.3 Å². The Kier molecular flexibility index (Phi) is 4.24. The molecule has 5 rings (SSSR count). The summed E-state index contributed by atoms with van der Waals surface area (Å²) in [6.45, 7) is 6.79. The first-order valence-electron chi connectivity index (χ1n) is 11.1. The molecular weight excluding hydrogens is 354 g/mol. The summed E-state index contributed by atoms with van der Waals surface area (Å²) in [4.78, 5) is 0. The standard InChI is InChI=1S/C27H32NO/c1-19-12-13-22-25(29-26(2,3)18-27(22)15-8-5-9-16-27)23(19)24-21-11-7-6-10-20(21)14-17-28(24)4/h6-7,10-14,17H,5,8-9,15-16,18H2,1-4H3/q+1. The van der Waals surface area contributed by atoms with Crippen molar-refractivity contribution < 1.29 is 9.30 Å². The maximum Gasteiger partial charge on any atom is 0.224 e. The van der Waals surface area contributed by atoms with Crippen LogP contribution in [0.4, 0.5) is 0 Å². The Morgan fingerprint density at radius 1 is 0.931 bits per heavy atom. The Labute approximate surface area is 174 Å². The molecule has 1 saturated carbocycles. The zero-order chi connectivity index (χ0) is 20.2. The molecule has 1 spiro atoms. The molecule has 0 saturated heterocycles. The predicted octanol–water partition coefficient (Wildman–Crippen LogP) is 6.40. The molecule has 1 fully saturated rings. The number of ether oxygens (including phenoxy) is 1. The van der Waals surface area contributed by atoms with Gasteiger partial charge in [-0.3, -0.25) is 0 Å². The van der Waals surface area contributed by atoms with Crippen LogP contribution < -0.4 is 9.30 Å². The van der Waals surface area contributed by atoms with Gasteiger partial charge in [0.05, 0.1) is 10.9 Å². The van der Waals surface area contributed by atoms with Gasteiger partial charge in [-0.1, -0.05) is 49.6 Å². The summed E-state index contributed by atoms with van der Waals surface area (Å²) < 4.78 is 9.07. The van der Waals surface area contributed by atoms with Gasteiger partial charge < -0.3 is 4.74 Å². The largest absolute Gasteiger partial charge is 0.487 e. The zero-order valence-electron chi connectivity index (χ0n) is 18.2. The lowest BCUT2D eigenvalue weighted by Crippen LogP contribution is -2.45. The smallest absolute Gasteiger partial charge is 0.224 e. The first-order valence-corrected chi connectivity index (χ1v) is 11.1. The number of aryl methyl sites for hydroxylation is 2. The lowest BCUT2D eigenvalue weighted by Gasteiger charge is -2.48. The summed E-state index contributed by atoms with van der Waals surface area (Å²) in [6, 6.07) is 15.6. The van der Waals surface area contributed by atoms with Crippen LogP contribution in [0.15, 0.2) is 48.7 Å². The van der Waals surface area contributed by atoms with Crippen molar-refractivity contribution in [2.24, 2.45) is 7.05 Å². The van der Waals surface area contributed by atoms with Gasteiger partial charge in [0.1, 0.15) is 18.4 Å². The second-order valence-corrected chi connectivity index (χ2v) is 9.88. The average molecular weight is 387 g/mol. The summed E-state index contributed by atoms with van der Waals surface area (Å²) in [5.41, 5.74) is 5.40. The number of hydrogen-bond acceptors (Lipinski definition) is 1. The van der Waals surface area contributed by atoms with E-state index < -0.39 is 0 Å². The highest BCUT2D eigenvalue weighted by Gasteiger charge is 2.47. The molecule has 1 aliphatic carbocycles. The van der Waals surface area contributed by atoms with Crippen molar-refractivity contribution in [2.75, 3.05) is 0 Å². The van der Waals surface area contributed by atoms with Gasteiger partial charge in [-0.05, 0) is 57.0 Å². The van der Waals surface area contributed by atoms with E-state index in [1.54, 1.807) is 0 Å². The quantitative estimate of drug-likeness (QED) is 0.441. The van der Waals surface area contributed by atoms with E-state index in [0.717, 1.165) is 12.2 Å². The van der Waals surface area contributed by atoms with Crippen LogP contribution in [0, 0.1) is 6.92 Å². The molecule has 2 aromatic carbocycles. The fourth-order valence-electron chi connectivity index (χ4n) is 6.02. The summed E-state index contributed by atoms with van der Waals surface area (Å²) in [7, 11) is 2.16. The van der Waals surface area contributed by atoms with E-state index in [4.69, 9.17) is 4.74 Å². The molecular formula is C27H32NO+. The SMILES string of the molecule is Cc1ccc2c(c1-c1c3ccccc3cc[n+]1C)OC(C)(C)CC21CCCCC1. The van der Waals surface area contributed by atoms with E-state index in [-0.39, 0.29) is 11.0 Å². The molecule has 2 nitrogen and oxygen atoms in total. The van der Waals surface area contributed by atoms with Gasteiger partial charge >= 0.3 is 0 Å². The molecule has 0 atom stereocenters. The van der Waals surface area contributed by atoms with E-state index in [2.05, 4.69) is 81.0 Å². The van der Waals surface area contributed by atoms with Gasteiger partial charge in [-0.2, -0.15) is 0 Å². The molecule has 0 unspecified atom stereocenters. The molecule has 1 aromatic heterocycles. The molecule has 0 amide bonds. The van der Waals surface area contributed by atoms with Crippen LogP contribution in [0.2, 0.25) is 0 Å². The van der Waals surface area contributed by atoms with E-state index >= 15 is 0 Å². The second kappa shape index (κ2) is 6.58. The molecule has 2 heterocycles. The number of fused-ring (bicyclic) bond motifs is 3. The van der Waals surface area contributed by atoms with Crippen molar-refractivity contribution in [2.45, 2.75) is 70.3 Å². The minimum atomic E-state index is -0.143. The fourth-order valence-corrected chi connectivity index (χ4v) is 6.02. The number of benzene rings is 2. The Bertz CT molecular complexity index is 1090. The van der Waals surface area contributed by atoms with Crippen LogP contribution in [0.3, 0.4) is 0 Å². The molecule has 0 bridgehead atoms. The normalized spacial score (nSPS) is 19.7. The van der Waals surface area contributed by atoms with Gasteiger partial charge in [-0.15, -0.1) is 0 Å². The third-order valence-electron chi connectivity index (χ3n) is 7.17. The molecule has 2 heteroatoms. The highest BCUT2D eigenvalue weighted by atomic mass is 16.5. The van der Waals surface area contributed by atoms with Crippen LogP contribution >= 0.6 is 0 Å². The first kappa shape index (κ1) is 18.7. The van der Waals surface area contributed by atoms with Gasteiger partial charge in [0, 0.05) is 17.0 Å². The Hall–Kier alpha value is -2.35. The van der Waals surface area contributed by atoms with Crippen LogP contribution in [-0.4, -0.2) is 5.60 Å². The van der Waals surface area contributed by atoms with Crippen LogP contribution in [-0.2, 0) is 12.5 Å². The van der Waals surface area contributed by atoms with Gasteiger partial charge in [0.2, 0.25) is 5.69 Å². The van der Waals surface area contributed by atoms with Crippen LogP contribution in [0.1, 0.15) is 63.5 Å². The van der Waals surface area contributed by atoms with Crippen LogP contribution in [0.5, 0.6) is 5.75 Å². The lowest BCUT2D eigenvalue weighted by molar-refractivity contribution is -0.659. The van der Waals surface area contributed by atoms with Gasteiger partial charge in [-0.25, -0.2) is 4.57 Å². The van der Waals surface area contributed by atoms with Gasteiger partial charge in [0.25, 0.3) is 0 Å². The molecule has 150 valence electrons. The average Bonchev–Trinajstić information content (AvgIpc) is 2.68. The van der Waals surface area contributed by atoms with Crippen molar-refractivity contribution in [1.82, 2.24) is 0 Å². The Morgan fingerprint density at radius 2 is 1.69 bits per heavy atom. The molecule has 29 heavy (non-hydrogen) atoms. The van der Waals surface area contributed by atoms with Crippen molar-refractivity contribution in [3.8, 4) is 17.0 Å². The summed E-state index contributed by atoms with van der Waals surface area (Å²) in [5, 5.41) is 2.57. The highest BCUT2D eigenvalue weighted by Crippen LogP contribution is 2.55. The highest BCUT2D eigenvalue weighted by molar-refractivity contribution is 5.95. The summed E-state index contributed by atoms with van der Waals surface area (Å²) >= 11 is 0. The van der Waals surface area contributed by atoms with Crippen molar-refractivity contribution in [1.29, 1.82) is 0 Å². The Morgan fingerprint density at radius 3 is 2.48 bits per heavy atom. The zero-order valence-corrected chi connectivity index (χ0v) is 18.2. The first-order chi connectivity index (χ1) is 13.9. The van der Waals surface area contributed by atoms with Crippen molar-refractivity contribution in [3.05, 3.63) is 59.8 Å². The van der Waals surface area contributed by atoms with Crippen LogP contribution in [0.25, 0.3) is 22.0 Å². The molecule has 2 aliphatic rings. The maximum absolute atomic E-state index is 6.80. The minimum Gasteiger partial charge on any atom is -0.487 e. The van der Waals surface area contributed by atoms with E-state index in [9.17, 15) is 0 Å². The lowest BCUT2D eigenvalue weighted by atomic mass is 9.62. The van der Waals surface area contributed by atoms with E-state index in [1.807, 2.05) is 0 Å². The number of hydrogen-bond donors (Lipinski definition) is 0. The summed E-state index contributed by atoms with van der Waals surface area (Å²) in [6.07, 6.45) is 9.92. The molecule has 3 aromatic rings. The second-order valence-electron chi connectivity index (χ2n) is 9.88. The summed E-state index contributed by atoms with van der Waals surface area (Å²) in [5.74, 6) is 1.13. The van der Waals surface area contributed by atoms with E-state index in [0.29, 0.717) is 0 Å². The molecule has 1 aliphatic heterocycles. The monoisotopic (exact) mass is 386 g/mol. The number of aromatic nitrogens is 1. The van der Waals surface area contributed by atoms with Crippen molar-refractivity contribution in [3.63, 3.8) is 0 Å². The molecule has 0 N–H and O–H groups in total. The number of pyridine rings is 1. The molecule has 0 radical (unpaired) electrons. The number of rotatable bonds is 1. The number of nitrogens with zero attached hydrogens (tertiary/aromatic N) is 1. The third kappa shape index (κ3) is 2.96. The third-order valence-corrected chi connectivity index (χ3v) is 7.17.